The fraction of sp³-hybridized carbons (Fsp3) is 1.00. The summed E-state index contributed by atoms with van der Waals surface area (Å²) in [6, 6.07) is 1.16. The number of rotatable bonds is 8. The van der Waals surface area contributed by atoms with Gasteiger partial charge in [0.2, 0.25) is 0 Å². The average Bonchev–Trinajstić information content (AvgIpc) is 3.31. The Labute approximate surface area is 124 Å². The van der Waals surface area contributed by atoms with Gasteiger partial charge < -0.3 is 10.4 Å². The third kappa shape index (κ3) is 3.75. The van der Waals surface area contributed by atoms with E-state index in [0.717, 1.165) is 24.7 Å². The predicted octanol–water partition coefficient (Wildman–Crippen LogP) is 2.39. The van der Waals surface area contributed by atoms with Crippen LogP contribution in [0, 0.1) is 11.8 Å². The highest BCUT2D eigenvalue weighted by Crippen LogP contribution is 2.39. The smallest absolute Gasteiger partial charge is 0.0614 e. The zero-order chi connectivity index (χ0) is 14.2. The van der Waals surface area contributed by atoms with Crippen molar-refractivity contribution in [2.24, 2.45) is 11.8 Å². The molecule has 0 spiro atoms. The SMILES string of the molecule is CC(C)NC1(CO)CCC(N(CC2CC2)CC2CC2)C1. The van der Waals surface area contributed by atoms with Gasteiger partial charge in [-0.25, -0.2) is 0 Å². The van der Waals surface area contributed by atoms with Crippen LogP contribution in [-0.4, -0.2) is 47.3 Å². The van der Waals surface area contributed by atoms with Crippen molar-refractivity contribution in [3.63, 3.8) is 0 Å². The van der Waals surface area contributed by atoms with Crippen molar-refractivity contribution in [2.75, 3.05) is 19.7 Å². The number of aliphatic hydroxyl groups is 1. The molecule has 0 heterocycles. The Morgan fingerprint density at radius 3 is 2.15 bits per heavy atom. The molecule has 2 atom stereocenters. The van der Waals surface area contributed by atoms with Gasteiger partial charge in [-0.1, -0.05) is 13.8 Å². The van der Waals surface area contributed by atoms with E-state index in [4.69, 9.17) is 0 Å². The zero-order valence-electron chi connectivity index (χ0n) is 13.3. The lowest BCUT2D eigenvalue weighted by molar-refractivity contribution is 0.131. The molecule has 3 aliphatic carbocycles. The number of hydrogen-bond acceptors (Lipinski definition) is 3. The maximum absolute atomic E-state index is 9.87. The number of aliphatic hydroxyl groups excluding tert-OH is 1. The Balaban J connectivity index is 1.59. The van der Waals surface area contributed by atoms with E-state index in [1.807, 2.05) is 0 Å². The van der Waals surface area contributed by atoms with E-state index in [-0.39, 0.29) is 5.54 Å². The van der Waals surface area contributed by atoms with Crippen LogP contribution < -0.4 is 5.32 Å². The van der Waals surface area contributed by atoms with Gasteiger partial charge >= 0.3 is 0 Å². The van der Waals surface area contributed by atoms with Gasteiger partial charge in [0.15, 0.2) is 0 Å². The number of hydrogen-bond donors (Lipinski definition) is 2. The van der Waals surface area contributed by atoms with Crippen molar-refractivity contribution in [3.05, 3.63) is 0 Å². The predicted molar refractivity (Wildman–Crippen MR) is 82.7 cm³/mol. The molecule has 0 bridgehead atoms. The molecule has 0 saturated heterocycles. The molecule has 20 heavy (non-hydrogen) atoms. The minimum absolute atomic E-state index is 0.00974. The minimum atomic E-state index is -0.00974. The van der Waals surface area contributed by atoms with Crippen LogP contribution >= 0.6 is 0 Å². The summed E-state index contributed by atoms with van der Waals surface area (Å²) >= 11 is 0. The van der Waals surface area contributed by atoms with Crippen molar-refractivity contribution >= 4 is 0 Å². The van der Waals surface area contributed by atoms with Gasteiger partial charge in [0.25, 0.3) is 0 Å². The van der Waals surface area contributed by atoms with Gasteiger partial charge in [-0.15, -0.1) is 0 Å². The minimum Gasteiger partial charge on any atom is -0.394 e. The lowest BCUT2D eigenvalue weighted by atomic mass is 9.97. The summed E-state index contributed by atoms with van der Waals surface area (Å²) in [6.07, 6.45) is 9.33. The van der Waals surface area contributed by atoms with Gasteiger partial charge in [0.1, 0.15) is 0 Å². The summed E-state index contributed by atoms with van der Waals surface area (Å²) in [5.74, 6) is 1.96. The molecule has 3 rings (SSSR count). The van der Waals surface area contributed by atoms with Crippen LogP contribution in [0.2, 0.25) is 0 Å². The van der Waals surface area contributed by atoms with Crippen molar-refractivity contribution < 1.29 is 5.11 Å². The standard InChI is InChI=1S/C17H32N2O/c1-13(2)18-17(12-20)8-7-16(9-17)19(10-14-3-4-14)11-15-5-6-15/h13-16,18,20H,3-12H2,1-2H3. The topological polar surface area (TPSA) is 35.5 Å². The van der Waals surface area contributed by atoms with Gasteiger partial charge in [0.05, 0.1) is 6.61 Å². The summed E-state index contributed by atoms with van der Waals surface area (Å²) in [7, 11) is 0. The van der Waals surface area contributed by atoms with Crippen LogP contribution in [0.25, 0.3) is 0 Å². The van der Waals surface area contributed by atoms with Crippen molar-refractivity contribution in [1.82, 2.24) is 10.2 Å². The quantitative estimate of drug-likeness (QED) is 0.716. The maximum atomic E-state index is 9.87. The Morgan fingerprint density at radius 1 is 1.10 bits per heavy atom. The van der Waals surface area contributed by atoms with Crippen LogP contribution in [0.1, 0.15) is 58.8 Å². The number of nitrogens with one attached hydrogen (secondary N) is 1. The summed E-state index contributed by atoms with van der Waals surface area (Å²) < 4.78 is 0. The molecule has 2 N–H and O–H groups in total. The van der Waals surface area contributed by atoms with Crippen molar-refractivity contribution in [3.8, 4) is 0 Å². The fourth-order valence-electron chi connectivity index (χ4n) is 3.98. The first-order chi connectivity index (χ1) is 9.60. The van der Waals surface area contributed by atoms with E-state index < -0.39 is 0 Å². The summed E-state index contributed by atoms with van der Waals surface area (Å²) in [5, 5.41) is 13.5. The van der Waals surface area contributed by atoms with Gasteiger partial charge in [0, 0.05) is 30.7 Å². The first kappa shape index (κ1) is 14.8. The molecule has 0 aromatic rings. The van der Waals surface area contributed by atoms with Crippen molar-refractivity contribution in [1.29, 1.82) is 0 Å². The van der Waals surface area contributed by atoms with E-state index in [9.17, 15) is 5.11 Å². The molecule has 0 radical (unpaired) electrons. The Bertz CT molecular complexity index is 311. The molecule has 3 aliphatic rings. The largest absolute Gasteiger partial charge is 0.394 e. The molecule has 3 fully saturated rings. The molecule has 3 saturated carbocycles. The molecule has 116 valence electrons. The van der Waals surface area contributed by atoms with Gasteiger partial charge in [-0.2, -0.15) is 0 Å². The van der Waals surface area contributed by atoms with E-state index >= 15 is 0 Å². The molecule has 3 heteroatoms. The molecule has 0 aromatic heterocycles. The van der Waals surface area contributed by atoms with E-state index in [0.29, 0.717) is 18.7 Å². The normalized spacial score (nSPS) is 34.4. The number of nitrogens with zero attached hydrogens (tertiary/aromatic N) is 1. The van der Waals surface area contributed by atoms with Crippen LogP contribution in [0.5, 0.6) is 0 Å². The van der Waals surface area contributed by atoms with Crippen molar-refractivity contribution in [2.45, 2.75) is 76.4 Å². The molecule has 2 unspecified atom stereocenters. The third-order valence-electron chi connectivity index (χ3n) is 5.38. The van der Waals surface area contributed by atoms with E-state index in [1.54, 1.807) is 0 Å². The highest BCUT2D eigenvalue weighted by Gasteiger charge is 2.43. The van der Waals surface area contributed by atoms with Crippen LogP contribution in [0.4, 0.5) is 0 Å². The Kier molecular flexibility index (Phi) is 4.40. The van der Waals surface area contributed by atoms with Gasteiger partial charge in [-0.05, 0) is 56.8 Å². The van der Waals surface area contributed by atoms with Crippen LogP contribution in [-0.2, 0) is 0 Å². The zero-order valence-corrected chi connectivity index (χ0v) is 13.3. The summed E-state index contributed by atoms with van der Waals surface area (Å²) in [4.78, 5) is 2.79. The monoisotopic (exact) mass is 280 g/mol. The lowest BCUT2D eigenvalue weighted by Gasteiger charge is -2.34. The Morgan fingerprint density at radius 2 is 1.70 bits per heavy atom. The van der Waals surface area contributed by atoms with Crippen LogP contribution in [0.15, 0.2) is 0 Å². The fourth-order valence-corrected chi connectivity index (χ4v) is 3.98. The van der Waals surface area contributed by atoms with Crippen LogP contribution in [0.3, 0.4) is 0 Å². The highest BCUT2D eigenvalue weighted by molar-refractivity contribution is 5.01. The molecule has 0 aliphatic heterocycles. The van der Waals surface area contributed by atoms with Gasteiger partial charge in [-0.3, -0.25) is 4.90 Å². The first-order valence-corrected chi connectivity index (χ1v) is 8.73. The first-order valence-electron chi connectivity index (χ1n) is 8.73. The lowest BCUT2D eigenvalue weighted by Crippen LogP contribution is -2.51. The average molecular weight is 280 g/mol. The molecule has 0 amide bonds. The highest BCUT2D eigenvalue weighted by atomic mass is 16.3. The summed E-state index contributed by atoms with van der Waals surface area (Å²) in [6.45, 7) is 7.32. The third-order valence-corrected chi connectivity index (χ3v) is 5.38. The molecular formula is C17H32N2O. The second-order valence-electron chi connectivity index (χ2n) is 7.97. The van der Waals surface area contributed by atoms with E-state index in [1.165, 1.54) is 45.2 Å². The molecular weight excluding hydrogens is 248 g/mol. The second kappa shape index (κ2) is 5.94. The second-order valence-corrected chi connectivity index (χ2v) is 7.97. The molecule has 0 aromatic carbocycles. The summed E-state index contributed by atoms with van der Waals surface area (Å²) in [5.41, 5.74) is -0.00974. The Hall–Kier alpha value is -0.120. The maximum Gasteiger partial charge on any atom is 0.0614 e. The molecule has 3 nitrogen and oxygen atoms in total. The van der Waals surface area contributed by atoms with E-state index in [2.05, 4.69) is 24.1 Å².